The van der Waals surface area contributed by atoms with E-state index in [4.69, 9.17) is 28.9 Å². The van der Waals surface area contributed by atoms with Crippen molar-refractivity contribution in [1.29, 1.82) is 0 Å². The van der Waals surface area contributed by atoms with Gasteiger partial charge in [-0.2, -0.15) is 0 Å². The fourth-order valence-corrected chi connectivity index (χ4v) is 4.50. The first-order chi connectivity index (χ1) is 9.69. The Balaban J connectivity index is 2.48. The van der Waals surface area contributed by atoms with Crippen LogP contribution in [0.3, 0.4) is 0 Å². The maximum absolute atomic E-state index is 12.4. The highest BCUT2D eigenvalue weighted by atomic mass is 79.9. The van der Waals surface area contributed by atoms with Crippen LogP contribution in [0.1, 0.15) is 5.56 Å². The lowest BCUT2D eigenvalue weighted by Gasteiger charge is -2.13. The van der Waals surface area contributed by atoms with Gasteiger partial charge in [-0.15, -0.1) is 0 Å². The summed E-state index contributed by atoms with van der Waals surface area (Å²) >= 11 is 15.1. The summed E-state index contributed by atoms with van der Waals surface area (Å²) in [6.45, 7) is 1.85. The minimum atomic E-state index is -3.91. The summed E-state index contributed by atoms with van der Waals surface area (Å²) in [7, 11) is -3.91. The van der Waals surface area contributed by atoms with E-state index in [0.717, 1.165) is 10.0 Å². The molecule has 0 aromatic heterocycles. The maximum atomic E-state index is 12.4. The van der Waals surface area contributed by atoms with E-state index >= 15 is 0 Å². The molecule has 0 atom stereocenters. The molecular formula is C13H11BrCl2N2O2S. The predicted molar refractivity (Wildman–Crippen MR) is 90.6 cm³/mol. The third-order valence-corrected chi connectivity index (χ3v) is 5.18. The lowest BCUT2D eigenvalue weighted by Crippen LogP contribution is -2.15. The Bertz CT molecular complexity index is 767. The van der Waals surface area contributed by atoms with Crippen LogP contribution in [-0.2, 0) is 10.0 Å². The van der Waals surface area contributed by atoms with Crippen LogP contribution in [0.25, 0.3) is 0 Å². The smallest absolute Gasteiger partial charge is 0.265 e. The molecule has 0 spiro atoms. The molecule has 0 saturated heterocycles. The number of halogens is 3. The number of rotatable bonds is 3. The zero-order valence-corrected chi connectivity index (χ0v) is 14.7. The number of anilines is 2. The van der Waals surface area contributed by atoms with Gasteiger partial charge in [0.15, 0.2) is 0 Å². The number of nitrogens with two attached hydrogens (primary N) is 1. The summed E-state index contributed by atoms with van der Waals surface area (Å²) in [4.78, 5) is -0.189. The second-order valence-corrected chi connectivity index (χ2v) is 7.81. The van der Waals surface area contributed by atoms with Crippen LogP contribution in [-0.4, -0.2) is 8.42 Å². The van der Waals surface area contributed by atoms with Gasteiger partial charge in [0.2, 0.25) is 0 Å². The number of benzene rings is 2. The van der Waals surface area contributed by atoms with Crippen molar-refractivity contribution in [3.63, 3.8) is 0 Å². The Hall–Kier alpha value is -0.950. The number of hydrogen-bond acceptors (Lipinski definition) is 3. The molecule has 0 aliphatic heterocycles. The van der Waals surface area contributed by atoms with Crippen molar-refractivity contribution in [2.45, 2.75) is 11.8 Å². The molecule has 2 rings (SSSR count). The SMILES string of the molecule is Cc1cc(Br)cc(NS(=O)(=O)c2c(N)cc(Cl)cc2Cl)c1. The summed E-state index contributed by atoms with van der Waals surface area (Å²) in [5, 5.41) is 0.244. The predicted octanol–water partition coefficient (Wildman–Crippen LogP) is 4.45. The average molecular weight is 410 g/mol. The van der Waals surface area contributed by atoms with Gasteiger partial charge < -0.3 is 5.73 Å². The van der Waals surface area contributed by atoms with Gasteiger partial charge in [-0.25, -0.2) is 8.42 Å². The third-order valence-electron chi connectivity index (χ3n) is 2.60. The molecule has 0 heterocycles. The van der Waals surface area contributed by atoms with Gasteiger partial charge in [0.25, 0.3) is 10.0 Å². The molecule has 2 aromatic carbocycles. The van der Waals surface area contributed by atoms with Crippen molar-refractivity contribution in [1.82, 2.24) is 0 Å². The zero-order chi connectivity index (χ0) is 15.8. The van der Waals surface area contributed by atoms with E-state index in [1.807, 2.05) is 13.0 Å². The molecule has 0 unspecified atom stereocenters. The standard InChI is InChI=1S/C13H11BrCl2N2O2S/c1-7-2-8(14)4-10(3-7)18-21(19,20)13-11(16)5-9(15)6-12(13)17/h2-6,18H,17H2,1H3. The summed E-state index contributed by atoms with van der Waals surface area (Å²) in [5.41, 5.74) is 7.03. The Kier molecular flexibility index (Phi) is 4.72. The first kappa shape index (κ1) is 16.4. The van der Waals surface area contributed by atoms with Crippen LogP contribution in [0, 0.1) is 6.92 Å². The van der Waals surface area contributed by atoms with E-state index in [-0.39, 0.29) is 20.6 Å². The third kappa shape index (κ3) is 3.83. The molecule has 21 heavy (non-hydrogen) atoms. The lowest BCUT2D eigenvalue weighted by atomic mass is 10.2. The van der Waals surface area contributed by atoms with Gasteiger partial charge in [0, 0.05) is 9.50 Å². The normalized spacial score (nSPS) is 11.4. The highest BCUT2D eigenvalue weighted by Crippen LogP contribution is 2.32. The molecular weight excluding hydrogens is 399 g/mol. The second kappa shape index (κ2) is 6.04. The quantitative estimate of drug-likeness (QED) is 0.735. The van der Waals surface area contributed by atoms with Crippen molar-refractivity contribution in [2.75, 3.05) is 10.5 Å². The molecule has 3 N–H and O–H groups in total. The van der Waals surface area contributed by atoms with Crippen molar-refractivity contribution in [3.8, 4) is 0 Å². The van der Waals surface area contributed by atoms with E-state index in [9.17, 15) is 8.42 Å². The fraction of sp³-hybridized carbons (Fsp3) is 0.0769. The maximum Gasteiger partial charge on any atom is 0.265 e. The molecule has 0 radical (unpaired) electrons. The fourth-order valence-electron chi connectivity index (χ4n) is 1.87. The van der Waals surface area contributed by atoms with Gasteiger partial charge >= 0.3 is 0 Å². The number of hydrogen-bond donors (Lipinski definition) is 2. The van der Waals surface area contributed by atoms with E-state index in [0.29, 0.717) is 5.69 Å². The average Bonchev–Trinajstić information content (AvgIpc) is 2.23. The Morgan fingerprint density at radius 1 is 1.14 bits per heavy atom. The highest BCUT2D eigenvalue weighted by molar-refractivity contribution is 9.10. The monoisotopic (exact) mass is 408 g/mol. The topological polar surface area (TPSA) is 72.2 Å². The first-order valence-corrected chi connectivity index (χ1v) is 8.77. The van der Waals surface area contributed by atoms with E-state index in [2.05, 4.69) is 20.7 Å². The molecule has 0 bridgehead atoms. The van der Waals surface area contributed by atoms with Crippen LogP contribution in [0.4, 0.5) is 11.4 Å². The van der Waals surface area contributed by atoms with Crippen molar-refractivity contribution in [2.24, 2.45) is 0 Å². The van der Waals surface area contributed by atoms with Gasteiger partial charge in [-0.3, -0.25) is 4.72 Å². The second-order valence-electron chi connectivity index (χ2n) is 4.43. The highest BCUT2D eigenvalue weighted by Gasteiger charge is 2.22. The Morgan fingerprint density at radius 2 is 1.81 bits per heavy atom. The molecule has 112 valence electrons. The van der Waals surface area contributed by atoms with Crippen molar-refractivity contribution >= 4 is 60.5 Å². The number of aryl methyl sites for hydroxylation is 1. The minimum absolute atomic E-state index is 0.00767. The largest absolute Gasteiger partial charge is 0.398 e. The number of sulfonamides is 1. The van der Waals surface area contributed by atoms with Gasteiger partial charge in [-0.05, 0) is 42.8 Å². The van der Waals surface area contributed by atoms with Crippen LogP contribution in [0.5, 0.6) is 0 Å². The van der Waals surface area contributed by atoms with E-state index in [1.165, 1.54) is 12.1 Å². The molecule has 0 fully saturated rings. The minimum Gasteiger partial charge on any atom is -0.398 e. The zero-order valence-electron chi connectivity index (χ0n) is 10.8. The van der Waals surface area contributed by atoms with Crippen LogP contribution < -0.4 is 10.5 Å². The Morgan fingerprint density at radius 3 is 2.38 bits per heavy atom. The summed E-state index contributed by atoms with van der Waals surface area (Å²) in [6, 6.07) is 7.88. The molecule has 0 aliphatic carbocycles. The summed E-state index contributed by atoms with van der Waals surface area (Å²) in [6.07, 6.45) is 0. The van der Waals surface area contributed by atoms with Crippen LogP contribution in [0.2, 0.25) is 10.0 Å². The van der Waals surface area contributed by atoms with E-state index < -0.39 is 10.0 Å². The first-order valence-electron chi connectivity index (χ1n) is 5.73. The molecule has 0 amide bonds. The van der Waals surface area contributed by atoms with Crippen LogP contribution >= 0.6 is 39.1 Å². The van der Waals surface area contributed by atoms with Crippen molar-refractivity contribution < 1.29 is 8.42 Å². The molecule has 0 aliphatic rings. The Labute approximate surface area is 141 Å². The van der Waals surface area contributed by atoms with Gasteiger partial charge in [0.1, 0.15) is 4.90 Å². The van der Waals surface area contributed by atoms with E-state index in [1.54, 1.807) is 12.1 Å². The molecule has 0 saturated carbocycles. The number of nitrogen functional groups attached to an aromatic ring is 1. The van der Waals surface area contributed by atoms with Crippen LogP contribution in [0.15, 0.2) is 39.7 Å². The number of nitrogens with one attached hydrogen (secondary N) is 1. The van der Waals surface area contributed by atoms with Crippen molar-refractivity contribution in [3.05, 3.63) is 50.4 Å². The molecule has 4 nitrogen and oxygen atoms in total. The summed E-state index contributed by atoms with van der Waals surface area (Å²) in [5.74, 6) is 0. The van der Waals surface area contributed by atoms with Gasteiger partial charge in [-0.1, -0.05) is 39.1 Å². The molecule has 2 aromatic rings. The summed E-state index contributed by atoms with van der Waals surface area (Å²) < 4.78 is 28.1. The molecule has 8 heteroatoms. The van der Waals surface area contributed by atoms with Gasteiger partial charge in [0.05, 0.1) is 16.4 Å². The lowest BCUT2D eigenvalue weighted by molar-refractivity contribution is 0.601.